The van der Waals surface area contributed by atoms with Gasteiger partial charge in [-0.25, -0.2) is 4.98 Å². The highest BCUT2D eigenvalue weighted by Crippen LogP contribution is 2.27. The molecule has 1 heterocycles. The predicted octanol–water partition coefficient (Wildman–Crippen LogP) is 2.70. The van der Waals surface area contributed by atoms with Crippen LogP contribution in [0, 0.1) is 6.92 Å². The molecule has 0 saturated carbocycles. The Bertz CT molecular complexity index is 403. The van der Waals surface area contributed by atoms with Crippen molar-refractivity contribution in [2.24, 2.45) is 0 Å². The highest BCUT2D eigenvalue weighted by molar-refractivity contribution is 7.13. The number of anilines is 1. The summed E-state index contributed by atoms with van der Waals surface area (Å²) in [5.74, 6) is 0. The van der Waals surface area contributed by atoms with Crippen molar-refractivity contribution < 1.29 is 0 Å². The van der Waals surface area contributed by atoms with Crippen LogP contribution in [-0.2, 0) is 0 Å². The first-order valence-corrected chi connectivity index (χ1v) is 4.91. The maximum Gasteiger partial charge on any atom is 0.0801 e. The van der Waals surface area contributed by atoms with E-state index in [9.17, 15) is 0 Å². The fourth-order valence-corrected chi connectivity index (χ4v) is 2.03. The number of nitrogens with zero attached hydrogens (tertiary/aromatic N) is 1. The van der Waals surface area contributed by atoms with Crippen molar-refractivity contribution in [3.8, 4) is 10.4 Å². The lowest BCUT2D eigenvalue weighted by Gasteiger charge is -1.98. The summed E-state index contributed by atoms with van der Waals surface area (Å²) >= 11 is 1.66. The molecule has 0 spiro atoms. The molecule has 0 aliphatic rings. The Morgan fingerprint density at radius 1 is 1.23 bits per heavy atom. The van der Waals surface area contributed by atoms with Crippen LogP contribution in [0.2, 0.25) is 0 Å². The summed E-state index contributed by atoms with van der Waals surface area (Å²) in [5, 5.41) is 0. The van der Waals surface area contributed by atoms with E-state index in [1.165, 1.54) is 10.4 Å². The molecule has 66 valence electrons. The molecule has 2 N–H and O–H groups in total. The minimum Gasteiger partial charge on any atom is -0.399 e. The number of aryl methyl sites for hydroxylation is 1. The maximum atomic E-state index is 5.61. The van der Waals surface area contributed by atoms with Gasteiger partial charge in [0.2, 0.25) is 0 Å². The second-order valence-electron chi connectivity index (χ2n) is 2.89. The Labute approximate surface area is 81.1 Å². The third-order valence-electron chi connectivity index (χ3n) is 1.92. The summed E-state index contributed by atoms with van der Waals surface area (Å²) in [4.78, 5) is 5.42. The summed E-state index contributed by atoms with van der Waals surface area (Å²) < 4.78 is 0. The van der Waals surface area contributed by atoms with Crippen LogP contribution in [0.25, 0.3) is 10.4 Å². The topological polar surface area (TPSA) is 38.9 Å². The first kappa shape index (κ1) is 8.26. The largest absolute Gasteiger partial charge is 0.399 e. The fourth-order valence-electron chi connectivity index (χ4n) is 1.21. The third kappa shape index (κ3) is 1.55. The third-order valence-corrected chi connectivity index (χ3v) is 2.90. The van der Waals surface area contributed by atoms with Crippen LogP contribution in [0.15, 0.2) is 29.8 Å². The Balaban J connectivity index is 2.47. The Hall–Kier alpha value is -1.35. The maximum absolute atomic E-state index is 5.61. The highest BCUT2D eigenvalue weighted by atomic mass is 32.1. The summed E-state index contributed by atoms with van der Waals surface area (Å²) in [7, 11) is 0. The van der Waals surface area contributed by atoms with Crippen molar-refractivity contribution in [2.75, 3.05) is 5.73 Å². The molecule has 1 aromatic heterocycles. The van der Waals surface area contributed by atoms with E-state index < -0.39 is 0 Å². The van der Waals surface area contributed by atoms with Crippen molar-refractivity contribution in [1.29, 1.82) is 0 Å². The molecule has 0 aliphatic carbocycles. The van der Waals surface area contributed by atoms with Gasteiger partial charge >= 0.3 is 0 Å². The molecule has 0 aliphatic heterocycles. The molecule has 0 amide bonds. The summed E-state index contributed by atoms with van der Waals surface area (Å²) in [6, 6.07) is 7.87. The predicted molar refractivity (Wildman–Crippen MR) is 56.7 cm³/mol. The molecule has 1 aromatic carbocycles. The van der Waals surface area contributed by atoms with Crippen LogP contribution in [0.3, 0.4) is 0 Å². The minimum atomic E-state index is 0.797. The molecule has 0 unspecified atom stereocenters. The normalized spacial score (nSPS) is 10.2. The Kier molecular flexibility index (Phi) is 2.02. The number of nitrogens with two attached hydrogens (primary N) is 1. The van der Waals surface area contributed by atoms with Gasteiger partial charge in [0, 0.05) is 5.69 Å². The van der Waals surface area contributed by atoms with Crippen molar-refractivity contribution in [1.82, 2.24) is 4.98 Å². The van der Waals surface area contributed by atoms with Gasteiger partial charge in [-0.3, -0.25) is 0 Å². The van der Waals surface area contributed by atoms with E-state index in [2.05, 4.69) is 4.98 Å². The number of nitrogen functional groups attached to an aromatic ring is 1. The van der Waals surface area contributed by atoms with Crippen LogP contribution in [-0.4, -0.2) is 4.98 Å². The number of thiazole rings is 1. The molecule has 2 aromatic rings. The minimum absolute atomic E-state index is 0.797. The van der Waals surface area contributed by atoms with Gasteiger partial charge in [0.25, 0.3) is 0 Å². The van der Waals surface area contributed by atoms with Gasteiger partial charge in [0.05, 0.1) is 16.1 Å². The zero-order valence-corrected chi connectivity index (χ0v) is 8.14. The van der Waals surface area contributed by atoms with Gasteiger partial charge < -0.3 is 5.73 Å². The fraction of sp³-hybridized carbons (Fsp3) is 0.100. The van der Waals surface area contributed by atoms with E-state index in [1.54, 1.807) is 11.3 Å². The smallest absolute Gasteiger partial charge is 0.0801 e. The van der Waals surface area contributed by atoms with Crippen molar-refractivity contribution >= 4 is 17.0 Å². The lowest BCUT2D eigenvalue weighted by Crippen LogP contribution is -1.83. The molecular weight excluding hydrogens is 180 g/mol. The van der Waals surface area contributed by atoms with Crippen molar-refractivity contribution in [3.63, 3.8) is 0 Å². The van der Waals surface area contributed by atoms with Gasteiger partial charge in [-0.15, -0.1) is 11.3 Å². The first-order chi connectivity index (χ1) is 6.27. The van der Waals surface area contributed by atoms with Crippen LogP contribution in [0.1, 0.15) is 5.69 Å². The van der Waals surface area contributed by atoms with E-state index in [0.717, 1.165) is 11.4 Å². The molecule has 0 saturated heterocycles. The van der Waals surface area contributed by atoms with Crippen LogP contribution in [0.4, 0.5) is 5.69 Å². The number of hydrogen-bond acceptors (Lipinski definition) is 3. The lowest BCUT2D eigenvalue weighted by molar-refractivity contribution is 1.27. The summed E-state index contributed by atoms with van der Waals surface area (Å²) in [6.45, 7) is 2.02. The zero-order chi connectivity index (χ0) is 9.26. The molecule has 0 bridgehead atoms. The highest BCUT2D eigenvalue weighted by Gasteiger charge is 2.03. The Morgan fingerprint density at radius 2 is 1.92 bits per heavy atom. The van der Waals surface area contributed by atoms with Crippen LogP contribution < -0.4 is 5.73 Å². The molecule has 0 fully saturated rings. The monoisotopic (exact) mass is 190 g/mol. The number of benzene rings is 1. The molecule has 0 radical (unpaired) electrons. The van der Waals surface area contributed by atoms with Crippen molar-refractivity contribution in [3.05, 3.63) is 35.5 Å². The zero-order valence-electron chi connectivity index (χ0n) is 7.32. The first-order valence-electron chi connectivity index (χ1n) is 4.03. The van der Waals surface area contributed by atoms with E-state index in [4.69, 9.17) is 5.73 Å². The molecule has 2 nitrogen and oxygen atoms in total. The van der Waals surface area contributed by atoms with Crippen molar-refractivity contribution in [2.45, 2.75) is 6.92 Å². The average Bonchev–Trinajstić information content (AvgIpc) is 2.53. The van der Waals surface area contributed by atoms with Gasteiger partial charge in [-0.2, -0.15) is 0 Å². The number of aromatic nitrogens is 1. The van der Waals surface area contributed by atoms with E-state index in [0.29, 0.717) is 0 Å². The van der Waals surface area contributed by atoms with Gasteiger partial charge in [-0.1, -0.05) is 12.1 Å². The Morgan fingerprint density at radius 3 is 2.46 bits per heavy atom. The van der Waals surface area contributed by atoms with E-state index >= 15 is 0 Å². The SMILES string of the molecule is Cc1ncsc1-c1ccc(N)cc1. The molecule has 0 atom stereocenters. The lowest BCUT2D eigenvalue weighted by atomic mass is 10.1. The van der Waals surface area contributed by atoms with Crippen LogP contribution in [0.5, 0.6) is 0 Å². The number of rotatable bonds is 1. The van der Waals surface area contributed by atoms with E-state index in [1.807, 2.05) is 36.7 Å². The molecular formula is C10H10N2S. The number of hydrogen-bond donors (Lipinski definition) is 1. The van der Waals surface area contributed by atoms with Gasteiger partial charge in [0.15, 0.2) is 0 Å². The molecule has 13 heavy (non-hydrogen) atoms. The molecule has 2 rings (SSSR count). The standard InChI is InChI=1S/C10H10N2S/c1-7-10(13-6-12-7)8-2-4-9(11)5-3-8/h2-6H,11H2,1H3. The van der Waals surface area contributed by atoms with E-state index in [-0.39, 0.29) is 0 Å². The average molecular weight is 190 g/mol. The van der Waals surface area contributed by atoms with Gasteiger partial charge in [0.1, 0.15) is 0 Å². The summed E-state index contributed by atoms with van der Waals surface area (Å²) in [5.41, 5.74) is 10.5. The van der Waals surface area contributed by atoms with Gasteiger partial charge in [-0.05, 0) is 24.6 Å². The second kappa shape index (κ2) is 3.18. The molecule has 3 heteroatoms. The second-order valence-corrected chi connectivity index (χ2v) is 3.74. The summed E-state index contributed by atoms with van der Waals surface area (Å²) in [6.07, 6.45) is 0. The van der Waals surface area contributed by atoms with Crippen LogP contribution >= 0.6 is 11.3 Å². The quantitative estimate of drug-likeness (QED) is 0.702.